The summed E-state index contributed by atoms with van der Waals surface area (Å²) < 4.78 is 12.7. The molecule has 0 aromatic heterocycles. The number of aliphatic hydroxyl groups is 1. The number of halogens is 1. The predicted octanol–water partition coefficient (Wildman–Crippen LogP) is 0.329. The summed E-state index contributed by atoms with van der Waals surface area (Å²) in [5.74, 6) is -1.93. The van der Waals surface area contributed by atoms with Crippen LogP contribution in [0.25, 0.3) is 0 Å². The molecule has 0 heterocycles. The second-order valence-corrected chi connectivity index (χ2v) is 4.07. The average molecular weight is 268 g/mol. The van der Waals surface area contributed by atoms with Crippen molar-refractivity contribution in [2.45, 2.75) is 25.9 Å². The minimum Gasteiger partial charge on any atom is -0.394 e. The van der Waals surface area contributed by atoms with Crippen LogP contribution in [-0.2, 0) is 16.1 Å². The van der Waals surface area contributed by atoms with Crippen molar-refractivity contribution in [3.8, 4) is 0 Å². The first-order chi connectivity index (χ1) is 9.06. The largest absolute Gasteiger partial charge is 0.394 e. The van der Waals surface area contributed by atoms with Gasteiger partial charge in [-0.25, -0.2) is 4.39 Å². The van der Waals surface area contributed by atoms with Crippen LogP contribution in [0.3, 0.4) is 0 Å². The van der Waals surface area contributed by atoms with Gasteiger partial charge in [0.1, 0.15) is 5.82 Å². The standard InChI is InChI=1S/C13H17FN2O3/c1-2-11(8-17)16-13(19)12(18)15-7-9-3-5-10(14)6-4-9/h3-6,11,17H,2,7-8H2,1H3,(H,15,18)(H,16,19)/t11-/m0/s1. The van der Waals surface area contributed by atoms with Gasteiger partial charge in [-0.15, -0.1) is 0 Å². The van der Waals surface area contributed by atoms with E-state index in [0.29, 0.717) is 12.0 Å². The van der Waals surface area contributed by atoms with Gasteiger partial charge >= 0.3 is 11.8 Å². The van der Waals surface area contributed by atoms with Gasteiger partial charge in [0.2, 0.25) is 0 Å². The molecule has 0 aliphatic carbocycles. The van der Waals surface area contributed by atoms with Gasteiger partial charge in [0.15, 0.2) is 0 Å². The third-order valence-corrected chi connectivity index (χ3v) is 2.62. The molecule has 104 valence electrons. The van der Waals surface area contributed by atoms with Crippen LogP contribution in [-0.4, -0.2) is 29.6 Å². The van der Waals surface area contributed by atoms with E-state index in [1.165, 1.54) is 24.3 Å². The molecule has 0 aliphatic heterocycles. The normalized spacial score (nSPS) is 11.7. The Morgan fingerprint density at radius 2 is 1.89 bits per heavy atom. The zero-order valence-corrected chi connectivity index (χ0v) is 10.6. The Bertz CT molecular complexity index is 430. The van der Waals surface area contributed by atoms with Crippen molar-refractivity contribution in [3.05, 3.63) is 35.6 Å². The third kappa shape index (κ3) is 5.05. The van der Waals surface area contributed by atoms with Gasteiger partial charge in [-0.1, -0.05) is 19.1 Å². The number of aliphatic hydroxyl groups excluding tert-OH is 1. The summed E-state index contributed by atoms with van der Waals surface area (Å²) in [6, 6.07) is 5.18. The van der Waals surface area contributed by atoms with Crippen LogP contribution < -0.4 is 10.6 Å². The van der Waals surface area contributed by atoms with E-state index < -0.39 is 17.9 Å². The van der Waals surface area contributed by atoms with Crippen LogP contribution in [0.5, 0.6) is 0 Å². The fourth-order valence-electron chi connectivity index (χ4n) is 1.39. The lowest BCUT2D eigenvalue weighted by Crippen LogP contribution is -2.45. The lowest BCUT2D eigenvalue weighted by molar-refractivity contribution is -0.139. The van der Waals surface area contributed by atoms with Gasteiger partial charge in [0.05, 0.1) is 12.6 Å². The third-order valence-electron chi connectivity index (χ3n) is 2.62. The molecule has 3 N–H and O–H groups in total. The van der Waals surface area contributed by atoms with Crippen molar-refractivity contribution in [2.24, 2.45) is 0 Å². The molecular formula is C13H17FN2O3. The van der Waals surface area contributed by atoms with E-state index in [1.807, 2.05) is 0 Å². The Hall–Kier alpha value is -1.95. The van der Waals surface area contributed by atoms with Crippen molar-refractivity contribution in [3.63, 3.8) is 0 Å². The number of hydrogen-bond donors (Lipinski definition) is 3. The minimum atomic E-state index is -0.789. The number of benzene rings is 1. The summed E-state index contributed by atoms with van der Waals surface area (Å²) in [6.45, 7) is 1.72. The molecule has 5 nitrogen and oxygen atoms in total. The Balaban J connectivity index is 2.42. The van der Waals surface area contributed by atoms with Gasteiger partial charge in [0.25, 0.3) is 0 Å². The van der Waals surface area contributed by atoms with E-state index in [0.717, 1.165) is 0 Å². The molecule has 2 amide bonds. The first-order valence-electron chi connectivity index (χ1n) is 6.00. The first kappa shape index (κ1) is 15.1. The summed E-state index contributed by atoms with van der Waals surface area (Å²) in [4.78, 5) is 22.9. The topological polar surface area (TPSA) is 78.4 Å². The Morgan fingerprint density at radius 3 is 2.42 bits per heavy atom. The maximum Gasteiger partial charge on any atom is 0.309 e. The number of carbonyl (C=O) groups is 2. The van der Waals surface area contributed by atoms with Crippen molar-refractivity contribution >= 4 is 11.8 Å². The van der Waals surface area contributed by atoms with E-state index in [2.05, 4.69) is 10.6 Å². The van der Waals surface area contributed by atoms with Crippen LogP contribution in [0.15, 0.2) is 24.3 Å². The smallest absolute Gasteiger partial charge is 0.309 e. The fraction of sp³-hybridized carbons (Fsp3) is 0.385. The maximum atomic E-state index is 12.7. The van der Waals surface area contributed by atoms with Crippen LogP contribution in [0.4, 0.5) is 4.39 Å². The van der Waals surface area contributed by atoms with Gasteiger partial charge in [-0.3, -0.25) is 9.59 Å². The van der Waals surface area contributed by atoms with Gasteiger partial charge < -0.3 is 15.7 Å². The molecule has 1 aromatic rings. The minimum absolute atomic E-state index is 0.141. The van der Waals surface area contributed by atoms with Crippen molar-refractivity contribution in [1.29, 1.82) is 0 Å². The highest BCUT2D eigenvalue weighted by Crippen LogP contribution is 2.01. The quantitative estimate of drug-likeness (QED) is 0.673. The van der Waals surface area contributed by atoms with Crippen molar-refractivity contribution < 1.29 is 19.1 Å². The molecule has 1 rings (SSSR count). The highest BCUT2D eigenvalue weighted by Gasteiger charge is 2.16. The Kier molecular flexibility index (Phi) is 5.95. The molecule has 0 fully saturated rings. The van der Waals surface area contributed by atoms with Crippen LogP contribution in [0.2, 0.25) is 0 Å². The number of rotatable bonds is 5. The van der Waals surface area contributed by atoms with Gasteiger partial charge in [-0.05, 0) is 24.1 Å². The lowest BCUT2D eigenvalue weighted by Gasteiger charge is -2.13. The van der Waals surface area contributed by atoms with Gasteiger partial charge in [0, 0.05) is 6.54 Å². The fourth-order valence-corrected chi connectivity index (χ4v) is 1.39. The SMILES string of the molecule is CC[C@@H](CO)NC(=O)C(=O)NCc1ccc(F)cc1. The summed E-state index contributed by atoms with van der Waals surface area (Å²) in [5, 5.41) is 13.7. The van der Waals surface area contributed by atoms with Gasteiger partial charge in [-0.2, -0.15) is 0 Å². The summed E-state index contributed by atoms with van der Waals surface area (Å²) in [5.41, 5.74) is 0.691. The van der Waals surface area contributed by atoms with Crippen molar-refractivity contribution in [1.82, 2.24) is 10.6 Å². The molecule has 0 saturated heterocycles. The molecule has 1 atom stereocenters. The number of nitrogens with one attached hydrogen (secondary N) is 2. The maximum absolute atomic E-state index is 12.7. The second kappa shape index (κ2) is 7.48. The predicted molar refractivity (Wildman–Crippen MR) is 67.6 cm³/mol. The lowest BCUT2D eigenvalue weighted by atomic mass is 10.2. The highest BCUT2D eigenvalue weighted by atomic mass is 19.1. The average Bonchev–Trinajstić information content (AvgIpc) is 2.43. The number of hydrogen-bond acceptors (Lipinski definition) is 3. The van der Waals surface area contributed by atoms with Crippen LogP contribution in [0.1, 0.15) is 18.9 Å². The van der Waals surface area contributed by atoms with E-state index in [4.69, 9.17) is 5.11 Å². The number of amides is 2. The van der Waals surface area contributed by atoms with Crippen LogP contribution in [0, 0.1) is 5.82 Å². The summed E-state index contributed by atoms with van der Waals surface area (Å²) in [6.07, 6.45) is 0.535. The van der Waals surface area contributed by atoms with E-state index in [-0.39, 0.29) is 19.0 Å². The molecule has 0 saturated carbocycles. The molecule has 19 heavy (non-hydrogen) atoms. The zero-order valence-electron chi connectivity index (χ0n) is 10.6. The van der Waals surface area contributed by atoms with E-state index in [9.17, 15) is 14.0 Å². The van der Waals surface area contributed by atoms with E-state index in [1.54, 1.807) is 6.92 Å². The molecular weight excluding hydrogens is 251 g/mol. The Morgan fingerprint density at radius 1 is 1.26 bits per heavy atom. The molecule has 0 bridgehead atoms. The summed E-state index contributed by atoms with van der Waals surface area (Å²) >= 11 is 0. The van der Waals surface area contributed by atoms with Crippen molar-refractivity contribution in [2.75, 3.05) is 6.61 Å². The highest BCUT2D eigenvalue weighted by molar-refractivity contribution is 6.35. The zero-order chi connectivity index (χ0) is 14.3. The first-order valence-corrected chi connectivity index (χ1v) is 6.00. The molecule has 0 radical (unpaired) electrons. The molecule has 0 spiro atoms. The monoisotopic (exact) mass is 268 g/mol. The second-order valence-electron chi connectivity index (χ2n) is 4.07. The Labute approximate surface area is 110 Å². The molecule has 0 unspecified atom stereocenters. The molecule has 6 heteroatoms. The summed E-state index contributed by atoms with van der Waals surface area (Å²) in [7, 11) is 0. The number of carbonyl (C=O) groups excluding carboxylic acids is 2. The molecule has 0 aliphatic rings. The van der Waals surface area contributed by atoms with E-state index >= 15 is 0 Å². The molecule has 1 aromatic carbocycles. The van der Waals surface area contributed by atoms with Crippen LogP contribution >= 0.6 is 0 Å².